The molecule has 1 atom stereocenters. The number of hydroxylamine groups is 1. The molecule has 254 valence electrons. The average molecular weight is 677 g/mol. The van der Waals surface area contributed by atoms with Crippen LogP contribution in [0.15, 0.2) is 55.4 Å². The van der Waals surface area contributed by atoms with Crippen LogP contribution in [0.4, 0.5) is 33.1 Å². The molecule has 48 heavy (non-hydrogen) atoms. The standard InChI is InChI=1S/C35H42ClFN8O3/c1-3-34(46)41-27-19-28(40-32-21-33(39-22-38-32)45-29(11-18-48-45)25-5-4-6-26(36)35(25)37)31(47-2)20-30(27)44-12-9-24(10-13-44)43-16-14-42(15-17-43)23-7-8-23/h3-6,19-24,29H,1,7-18H2,2H3,(H,41,46)(H,38,39,40). The molecule has 4 aliphatic rings. The quantitative estimate of drug-likeness (QED) is 0.257. The van der Waals surface area contributed by atoms with Crippen molar-refractivity contribution in [2.24, 2.45) is 0 Å². The average Bonchev–Trinajstić information content (AvgIpc) is 3.86. The van der Waals surface area contributed by atoms with Crippen molar-refractivity contribution >= 4 is 46.2 Å². The van der Waals surface area contributed by atoms with Gasteiger partial charge < -0.3 is 20.3 Å². The third-order valence-corrected chi connectivity index (χ3v) is 10.2. The van der Waals surface area contributed by atoms with Gasteiger partial charge in [0.1, 0.15) is 23.7 Å². The molecule has 0 radical (unpaired) electrons. The first-order valence-corrected chi connectivity index (χ1v) is 17.1. The number of nitrogens with one attached hydrogen (secondary N) is 2. The lowest BCUT2D eigenvalue weighted by Crippen LogP contribution is -2.53. The van der Waals surface area contributed by atoms with Crippen LogP contribution in [0.25, 0.3) is 0 Å². The molecule has 1 aliphatic carbocycles. The fourth-order valence-electron chi connectivity index (χ4n) is 7.19. The van der Waals surface area contributed by atoms with Crippen LogP contribution in [0.2, 0.25) is 5.02 Å². The number of piperidine rings is 1. The van der Waals surface area contributed by atoms with Crippen LogP contribution in [0, 0.1) is 5.82 Å². The second-order valence-electron chi connectivity index (χ2n) is 12.8. The summed E-state index contributed by atoms with van der Waals surface area (Å²) in [6, 6.07) is 11.5. The molecule has 3 saturated heterocycles. The van der Waals surface area contributed by atoms with E-state index in [0.29, 0.717) is 53.4 Å². The van der Waals surface area contributed by atoms with Crippen molar-refractivity contribution in [3.8, 4) is 5.75 Å². The first kappa shape index (κ1) is 32.6. The summed E-state index contributed by atoms with van der Waals surface area (Å²) in [4.78, 5) is 34.9. The van der Waals surface area contributed by atoms with Crippen molar-refractivity contribution in [2.75, 3.05) is 73.6 Å². The highest BCUT2D eigenvalue weighted by atomic mass is 35.5. The summed E-state index contributed by atoms with van der Waals surface area (Å²) in [5.74, 6) is 0.751. The van der Waals surface area contributed by atoms with Gasteiger partial charge in [-0.1, -0.05) is 30.3 Å². The molecule has 4 fully saturated rings. The van der Waals surface area contributed by atoms with Crippen LogP contribution in [0.1, 0.15) is 43.7 Å². The Morgan fingerprint density at radius 3 is 2.42 bits per heavy atom. The molecule has 1 saturated carbocycles. The lowest BCUT2D eigenvalue weighted by atomic mass is 10.0. The van der Waals surface area contributed by atoms with E-state index in [1.54, 1.807) is 30.4 Å². The second kappa shape index (κ2) is 14.3. The molecule has 1 unspecified atom stereocenters. The van der Waals surface area contributed by atoms with Gasteiger partial charge in [-0.25, -0.2) is 19.4 Å². The van der Waals surface area contributed by atoms with E-state index < -0.39 is 11.9 Å². The summed E-state index contributed by atoms with van der Waals surface area (Å²) in [5.41, 5.74) is 2.58. The zero-order valence-corrected chi connectivity index (χ0v) is 28.0. The van der Waals surface area contributed by atoms with Gasteiger partial charge in [0.25, 0.3) is 0 Å². The third-order valence-electron chi connectivity index (χ3n) is 9.88. The topological polar surface area (TPSA) is 98.3 Å². The number of nitrogens with zero attached hydrogens (tertiary/aromatic N) is 6. The van der Waals surface area contributed by atoms with Crippen LogP contribution in [0.5, 0.6) is 5.75 Å². The molecular weight excluding hydrogens is 635 g/mol. The molecule has 1 amide bonds. The fourth-order valence-corrected chi connectivity index (χ4v) is 7.37. The van der Waals surface area contributed by atoms with Crippen LogP contribution in [-0.2, 0) is 9.63 Å². The molecule has 1 aromatic heterocycles. The van der Waals surface area contributed by atoms with E-state index in [0.717, 1.165) is 50.7 Å². The van der Waals surface area contributed by atoms with E-state index in [9.17, 15) is 9.18 Å². The van der Waals surface area contributed by atoms with Crippen molar-refractivity contribution in [2.45, 2.75) is 50.2 Å². The Labute approximate surface area is 285 Å². The SMILES string of the molecule is C=CC(=O)Nc1cc(Nc2cc(N3OCCC3c3cccc(Cl)c3F)ncn2)c(OC)cc1N1CCC(N2CCN(C3CC3)CC2)CC1. The molecule has 2 aromatic carbocycles. The van der Waals surface area contributed by atoms with Gasteiger partial charge in [-0.2, -0.15) is 0 Å². The Hall–Kier alpha value is -3.97. The number of anilines is 5. The summed E-state index contributed by atoms with van der Waals surface area (Å²) in [6.07, 6.45) is 8.10. The normalized spacial score (nSPS) is 20.9. The van der Waals surface area contributed by atoms with Gasteiger partial charge in [0, 0.05) is 75.5 Å². The Balaban J connectivity index is 1.09. The van der Waals surface area contributed by atoms with Crippen molar-refractivity contribution in [1.29, 1.82) is 0 Å². The summed E-state index contributed by atoms with van der Waals surface area (Å²) in [6.45, 7) is 10.4. The number of piperazine rings is 1. The second-order valence-corrected chi connectivity index (χ2v) is 13.2. The Morgan fingerprint density at radius 2 is 1.73 bits per heavy atom. The van der Waals surface area contributed by atoms with Crippen LogP contribution < -0.4 is 25.3 Å². The molecule has 0 spiro atoms. The Bertz CT molecular complexity index is 1640. The third kappa shape index (κ3) is 6.93. The Morgan fingerprint density at radius 1 is 1.00 bits per heavy atom. The summed E-state index contributed by atoms with van der Waals surface area (Å²) < 4.78 is 20.8. The highest BCUT2D eigenvalue weighted by Crippen LogP contribution is 2.41. The number of carbonyl (C=O) groups excluding carboxylic acids is 1. The summed E-state index contributed by atoms with van der Waals surface area (Å²) >= 11 is 6.08. The monoisotopic (exact) mass is 676 g/mol. The van der Waals surface area contributed by atoms with Gasteiger partial charge in [0.05, 0.1) is 41.8 Å². The Kier molecular flexibility index (Phi) is 9.67. The molecular formula is C35H42ClFN8O3. The lowest BCUT2D eigenvalue weighted by molar-refractivity contribution is -0.111. The van der Waals surface area contributed by atoms with Crippen molar-refractivity contribution in [3.05, 3.63) is 71.8 Å². The highest BCUT2D eigenvalue weighted by molar-refractivity contribution is 6.30. The molecule has 3 aromatic rings. The minimum atomic E-state index is -0.470. The van der Waals surface area contributed by atoms with Gasteiger partial charge in [-0.15, -0.1) is 0 Å². The molecule has 2 N–H and O–H groups in total. The molecule has 13 heteroatoms. The van der Waals surface area contributed by atoms with E-state index in [2.05, 4.69) is 41.9 Å². The number of methoxy groups -OCH3 is 1. The number of halogens is 2. The fraction of sp³-hybridized carbons (Fsp3) is 0.457. The molecule has 11 nitrogen and oxygen atoms in total. The predicted octanol–water partition coefficient (Wildman–Crippen LogP) is 5.78. The minimum absolute atomic E-state index is 0.0610. The number of hydrogen-bond acceptors (Lipinski definition) is 10. The van der Waals surface area contributed by atoms with Crippen molar-refractivity contribution in [1.82, 2.24) is 19.8 Å². The zero-order valence-electron chi connectivity index (χ0n) is 27.2. The minimum Gasteiger partial charge on any atom is -0.494 e. The molecule has 7 rings (SSSR count). The van der Waals surface area contributed by atoms with Gasteiger partial charge in [-0.05, 0) is 43.9 Å². The van der Waals surface area contributed by atoms with Crippen LogP contribution in [-0.4, -0.2) is 90.7 Å². The van der Waals surface area contributed by atoms with E-state index in [1.165, 1.54) is 44.4 Å². The van der Waals surface area contributed by atoms with E-state index >= 15 is 0 Å². The van der Waals surface area contributed by atoms with Gasteiger partial charge >= 0.3 is 0 Å². The first-order valence-electron chi connectivity index (χ1n) is 16.8. The van der Waals surface area contributed by atoms with Gasteiger partial charge in [0.2, 0.25) is 5.91 Å². The molecule has 3 aliphatic heterocycles. The van der Waals surface area contributed by atoms with E-state index in [4.69, 9.17) is 21.2 Å². The summed E-state index contributed by atoms with van der Waals surface area (Å²) in [5, 5.41) is 7.99. The predicted molar refractivity (Wildman–Crippen MR) is 186 cm³/mol. The van der Waals surface area contributed by atoms with E-state index in [-0.39, 0.29) is 10.9 Å². The van der Waals surface area contributed by atoms with Gasteiger partial charge in [0.15, 0.2) is 5.82 Å². The maximum absolute atomic E-state index is 14.9. The van der Waals surface area contributed by atoms with Crippen LogP contribution in [0.3, 0.4) is 0 Å². The van der Waals surface area contributed by atoms with Gasteiger partial charge in [-0.3, -0.25) is 19.4 Å². The number of amides is 1. The van der Waals surface area contributed by atoms with E-state index in [1.807, 2.05) is 12.1 Å². The maximum atomic E-state index is 14.9. The number of carbonyl (C=O) groups is 1. The first-order chi connectivity index (χ1) is 23.4. The number of hydrogen-bond donors (Lipinski definition) is 2. The molecule has 4 heterocycles. The number of aromatic nitrogens is 2. The smallest absolute Gasteiger partial charge is 0.247 e. The van der Waals surface area contributed by atoms with Crippen LogP contribution >= 0.6 is 11.6 Å². The van der Waals surface area contributed by atoms with Crippen molar-refractivity contribution in [3.63, 3.8) is 0 Å². The number of rotatable bonds is 10. The highest BCUT2D eigenvalue weighted by Gasteiger charge is 2.35. The number of benzene rings is 2. The lowest BCUT2D eigenvalue weighted by Gasteiger charge is -2.43. The maximum Gasteiger partial charge on any atom is 0.247 e. The molecule has 0 bridgehead atoms. The number of ether oxygens (including phenoxy) is 1. The largest absolute Gasteiger partial charge is 0.494 e. The summed E-state index contributed by atoms with van der Waals surface area (Å²) in [7, 11) is 1.62. The van der Waals surface area contributed by atoms with Crippen molar-refractivity contribution < 1.29 is 18.8 Å². The zero-order chi connectivity index (χ0) is 33.2.